The standard InChI is InChI=1S/C13H16ClNO5S/c1-20-10-4-2-9(3-5-10)15(13(17)6-14)11-7-21(18,19)8-12(11)16/h2-5,11-12,16H,6-8H2,1H3/t11-,12-/m0/s1. The molecule has 0 aliphatic carbocycles. The maximum absolute atomic E-state index is 12.1. The smallest absolute Gasteiger partial charge is 0.242 e. The molecular weight excluding hydrogens is 318 g/mol. The van der Waals surface area contributed by atoms with Gasteiger partial charge in [0, 0.05) is 5.69 Å². The van der Waals surface area contributed by atoms with Crippen LogP contribution in [0.4, 0.5) is 5.69 Å². The van der Waals surface area contributed by atoms with Crippen LogP contribution in [0.1, 0.15) is 0 Å². The van der Waals surface area contributed by atoms with Crippen molar-refractivity contribution in [1.29, 1.82) is 0 Å². The third-order valence-electron chi connectivity index (χ3n) is 3.36. The molecule has 0 bridgehead atoms. The van der Waals surface area contributed by atoms with Gasteiger partial charge in [-0.3, -0.25) is 4.79 Å². The van der Waals surface area contributed by atoms with Crippen LogP contribution < -0.4 is 9.64 Å². The number of halogens is 1. The number of aliphatic hydroxyl groups is 1. The largest absolute Gasteiger partial charge is 0.497 e. The molecule has 1 aromatic carbocycles. The molecule has 8 heteroatoms. The molecule has 0 spiro atoms. The number of methoxy groups -OCH3 is 1. The minimum atomic E-state index is -3.36. The monoisotopic (exact) mass is 333 g/mol. The average molecular weight is 334 g/mol. The molecule has 2 atom stereocenters. The van der Waals surface area contributed by atoms with Gasteiger partial charge < -0.3 is 14.7 Å². The number of carbonyl (C=O) groups excluding carboxylic acids is 1. The first kappa shape index (κ1) is 16.1. The Bertz CT molecular complexity index is 616. The molecule has 0 aromatic heterocycles. The maximum Gasteiger partial charge on any atom is 0.242 e. The number of alkyl halides is 1. The zero-order chi connectivity index (χ0) is 15.6. The summed E-state index contributed by atoms with van der Waals surface area (Å²) in [5.41, 5.74) is 0.475. The van der Waals surface area contributed by atoms with Gasteiger partial charge in [0.25, 0.3) is 0 Å². The Morgan fingerprint density at radius 3 is 2.43 bits per heavy atom. The predicted molar refractivity (Wildman–Crippen MR) is 79.6 cm³/mol. The fourth-order valence-corrected chi connectivity index (χ4v) is 4.28. The Kier molecular flexibility index (Phi) is 4.75. The number of sulfone groups is 1. The fourth-order valence-electron chi connectivity index (χ4n) is 2.38. The van der Waals surface area contributed by atoms with Crippen LogP contribution in [0.15, 0.2) is 24.3 Å². The summed E-state index contributed by atoms with van der Waals surface area (Å²) in [6, 6.07) is 5.73. The number of hydrogen-bond donors (Lipinski definition) is 1. The minimum Gasteiger partial charge on any atom is -0.497 e. The second kappa shape index (κ2) is 6.21. The number of nitrogens with zero attached hydrogens (tertiary/aromatic N) is 1. The molecular formula is C13H16ClNO5S. The second-order valence-electron chi connectivity index (χ2n) is 4.81. The van der Waals surface area contributed by atoms with Crippen molar-refractivity contribution >= 4 is 33.0 Å². The van der Waals surface area contributed by atoms with Crippen LogP contribution in [0.2, 0.25) is 0 Å². The lowest BCUT2D eigenvalue weighted by Crippen LogP contribution is -2.47. The van der Waals surface area contributed by atoms with E-state index in [2.05, 4.69) is 0 Å². The molecule has 1 aromatic rings. The van der Waals surface area contributed by atoms with Crippen molar-refractivity contribution in [2.24, 2.45) is 0 Å². The van der Waals surface area contributed by atoms with E-state index in [1.54, 1.807) is 24.3 Å². The summed E-state index contributed by atoms with van der Waals surface area (Å²) in [5, 5.41) is 9.96. The van der Waals surface area contributed by atoms with Crippen LogP contribution in [0.5, 0.6) is 5.75 Å². The highest BCUT2D eigenvalue weighted by atomic mass is 35.5. The predicted octanol–water partition coefficient (Wildman–Crippen LogP) is 0.425. The van der Waals surface area contributed by atoms with Crippen LogP contribution in [0, 0.1) is 0 Å². The average Bonchev–Trinajstić information content (AvgIpc) is 2.72. The normalized spacial score (nSPS) is 23.8. The Morgan fingerprint density at radius 1 is 1.38 bits per heavy atom. The molecule has 1 fully saturated rings. The highest BCUT2D eigenvalue weighted by Gasteiger charge is 2.42. The van der Waals surface area contributed by atoms with E-state index in [4.69, 9.17) is 16.3 Å². The number of amides is 1. The third kappa shape index (κ3) is 3.48. The van der Waals surface area contributed by atoms with E-state index in [0.717, 1.165) is 0 Å². The van der Waals surface area contributed by atoms with E-state index < -0.39 is 27.9 Å². The van der Waals surface area contributed by atoms with Gasteiger partial charge in [-0.2, -0.15) is 0 Å². The van der Waals surface area contributed by atoms with Gasteiger partial charge in [-0.25, -0.2) is 8.42 Å². The lowest BCUT2D eigenvalue weighted by Gasteiger charge is -2.30. The Morgan fingerprint density at radius 2 is 2.00 bits per heavy atom. The number of rotatable bonds is 4. The molecule has 1 heterocycles. The molecule has 1 saturated heterocycles. The first-order valence-corrected chi connectivity index (χ1v) is 8.64. The van der Waals surface area contributed by atoms with Crippen molar-refractivity contribution < 1.29 is 23.1 Å². The van der Waals surface area contributed by atoms with Crippen molar-refractivity contribution in [1.82, 2.24) is 0 Å². The molecule has 6 nitrogen and oxygen atoms in total. The SMILES string of the molecule is COc1ccc(N(C(=O)CCl)[C@H]2CS(=O)(=O)C[C@@H]2O)cc1. The first-order valence-electron chi connectivity index (χ1n) is 6.28. The summed E-state index contributed by atoms with van der Waals surface area (Å²) in [6.45, 7) is 0. The zero-order valence-electron chi connectivity index (χ0n) is 11.4. The van der Waals surface area contributed by atoms with Gasteiger partial charge in [-0.15, -0.1) is 11.6 Å². The summed E-state index contributed by atoms with van der Waals surface area (Å²) in [4.78, 5) is 13.3. The number of benzene rings is 1. The highest BCUT2D eigenvalue weighted by Crippen LogP contribution is 2.27. The Labute approximate surface area is 128 Å². The van der Waals surface area contributed by atoms with Crippen molar-refractivity contribution in [2.45, 2.75) is 12.1 Å². The number of aliphatic hydroxyl groups excluding tert-OH is 1. The third-order valence-corrected chi connectivity index (χ3v) is 5.29. The van der Waals surface area contributed by atoms with E-state index in [-0.39, 0.29) is 17.4 Å². The summed E-state index contributed by atoms with van der Waals surface area (Å²) in [6.07, 6.45) is -1.12. The molecule has 2 rings (SSSR count). The Hall–Kier alpha value is -1.31. The van der Waals surface area contributed by atoms with E-state index in [1.807, 2.05) is 0 Å². The zero-order valence-corrected chi connectivity index (χ0v) is 13.0. The van der Waals surface area contributed by atoms with Gasteiger partial charge in [0.2, 0.25) is 5.91 Å². The van der Waals surface area contributed by atoms with E-state index in [0.29, 0.717) is 11.4 Å². The van der Waals surface area contributed by atoms with Crippen LogP contribution in [-0.2, 0) is 14.6 Å². The molecule has 1 aliphatic heterocycles. The molecule has 1 N–H and O–H groups in total. The van der Waals surface area contributed by atoms with Crippen LogP contribution >= 0.6 is 11.6 Å². The number of hydrogen-bond acceptors (Lipinski definition) is 5. The molecule has 1 aliphatic rings. The number of anilines is 1. The van der Waals surface area contributed by atoms with Crippen LogP contribution in [0.3, 0.4) is 0 Å². The number of ether oxygens (including phenoxy) is 1. The van der Waals surface area contributed by atoms with Crippen molar-refractivity contribution in [3.63, 3.8) is 0 Å². The maximum atomic E-state index is 12.1. The van der Waals surface area contributed by atoms with Gasteiger partial charge in [0.1, 0.15) is 11.6 Å². The lowest BCUT2D eigenvalue weighted by molar-refractivity contribution is -0.117. The summed E-state index contributed by atoms with van der Waals surface area (Å²) in [5.74, 6) is -0.766. The molecule has 21 heavy (non-hydrogen) atoms. The molecule has 116 valence electrons. The number of carbonyl (C=O) groups is 1. The van der Waals surface area contributed by atoms with Crippen LogP contribution in [-0.4, -0.2) is 56.1 Å². The lowest BCUT2D eigenvalue weighted by atomic mass is 10.1. The summed E-state index contributed by atoms with van der Waals surface area (Å²) < 4.78 is 28.3. The van der Waals surface area contributed by atoms with E-state index in [1.165, 1.54) is 12.0 Å². The quantitative estimate of drug-likeness (QED) is 0.808. The van der Waals surface area contributed by atoms with Crippen LogP contribution in [0.25, 0.3) is 0 Å². The van der Waals surface area contributed by atoms with Gasteiger partial charge in [0.15, 0.2) is 9.84 Å². The second-order valence-corrected chi connectivity index (χ2v) is 7.23. The van der Waals surface area contributed by atoms with Gasteiger partial charge in [-0.1, -0.05) is 0 Å². The van der Waals surface area contributed by atoms with Crippen molar-refractivity contribution in [2.75, 3.05) is 29.4 Å². The Balaban J connectivity index is 2.36. The molecule has 1 amide bonds. The summed E-state index contributed by atoms with van der Waals surface area (Å²) in [7, 11) is -1.85. The first-order chi connectivity index (χ1) is 9.88. The van der Waals surface area contributed by atoms with E-state index >= 15 is 0 Å². The van der Waals surface area contributed by atoms with Gasteiger partial charge >= 0.3 is 0 Å². The van der Waals surface area contributed by atoms with Gasteiger partial charge in [-0.05, 0) is 24.3 Å². The molecule has 0 radical (unpaired) electrons. The minimum absolute atomic E-state index is 0.275. The molecule has 0 unspecified atom stereocenters. The molecule has 0 saturated carbocycles. The topological polar surface area (TPSA) is 83.9 Å². The van der Waals surface area contributed by atoms with E-state index in [9.17, 15) is 18.3 Å². The highest BCUT2D eigenvalue weighted by molar-refractivity contribution is 7.91. The summed E-state index contributed by atoms with van der Waals surface area (Å²) >= 11 is 5.61. The fraction of sp³-hybridized carbons (Fsp3) is 0.462. The van der Waals surface area contributed by atoms with Crippen molar-refractivity contribution in [3.05, 3.63) is 24.3 Å². The van der Waals surface area contributed by atoms with Crippen molar-refractivity contribution in [3.8, 4) is 5.75 Å². The van der Waals surface area contributed by atoms with Gasteiger partial charge in [0.05, 0.1) is 30.8 Å².